The van der Waals surface area contributed by atoms with Gasteiger partial charge in [-0.2, -0.15) is 0 Å². The van der Waals surface area contributed by atoms with E-state index in [0.29, 0.717) is 13.2 Å². The minimum Gasteiger partial charge on any atom is -0.353 e. The summed E-state index contributed by atoms with van der Waals surface area (Å²) in [5.41, 5.74) is 1.79. The third-order valence-corrected chi connectivity index (χ3v) is 4.41. The number of ether oxygens (including phenoxy) is 2. The molecule has 1 saturated heterocycles. The lowest BCUT2D eigenvalue weighted by atomic mass is 10.1. The Labute approximate surface area is 129 Å². The molecule has 2 heterocycles. The Kier molecular flexibility index (Phi) is 3.56. The summed E-state index contributed by atoms with van der Waals surface area (Å²) in [4.78, 5) is 14.4. The van der Waals surface area contributed by atoms with Crippen molar-refractivity contribution in [3.63, 3.8) is 0 Å². The van der Waals surface area contributed by atoms with Crippen LogP contribution in [0.15, 0.2) is 36.4 Å². The summed E-state index contributed by atoms with van der Waals surface area (Å²) in [6.45, 7) is 1.84. The first-order valence-corrected chi connectivity index (χ1v) is 7.91. The van der Waals surface area contributed by atoms with Crippen molar-refractivity contribution < 1.29 is 14.3 Å². The molecule has 0 radical (unpaired) electrons. The van der Waals surface area contributed by atoms with Gasteiger partial charge in [0.1, 0.15) is 0 Å². The van der Waals surface area contributed by atoms with Crippen LogP contribution < -0.4 is 4.90 Å². The summed E-state index contributed by atoms with van der Waals surface area (Å²) in [6, 6.07) is 11.9. The van der Waals surface area contributed by atoms with Crippen LogP contribution in [-0.2, 0) is 9.47 Å². The standard InChI is InChI=1S/C18H19NO3/c20-18-14-7-3-5-13-6-4-8-15(17(13)14)19(18)10-12-22-16-9-1-2-11-21-16/h3-8,16H,1-2,9-12H2. The molecular weight excluding hydrogens is 278 g/mol. The van der Waals surface area contributed by atoms with E-state index in [9.17, 15) is 4.79 Å². The molecule has 1 fully saturated rings. The second-order valence-electron chi connectivity index (χ2n) is 5.80. The highest BCUT2D eigenvalue weighted by molar-refractivity contribution is 6.24. The molecule has 0 spiro atoms. The molecule has 4 heteroatoms. The topological polar surface area (TPSA) is 38.8 Å². The maximum atomic E-state index is 12.6. The fraction of sp³-hybridized carbons (Fsp3) is 0.389. The summed E-state index contributed by atoms with van der Waals surface area (Å²) in [5.74, 6) is 0.0694. The van der Waals surface area contributed by atoms with Gasteiger partial charge in [0.15, 0.2) is 6.29 Å². The van der Waals surface area contributed by atoms with Crippen molar-refractivity contribution in [2.45, 2.75) is 25.6 Å². The lowest BCUT2D eigenvalue weighted by Crippen LogP contribution is -2.32. The summed E-state index contributed by atoms with van der Waals surface area (Å²) in [5, 5.41) is 2.17. The molecule has 1 amide bonds. The number of hydrogen-bond donors (Lipinski definition) is 0. The van der Waals surface area contributed by atoms with E-state index in [1.807, 2.05) is 41.3 Å². The molecule has 0 aromatic heterocycles. The lowest BCUT2D eigenvalue weighted by Gasteiger charge is -2.24. The van der Waals surface area contributed by atoms with Crippen molar-refractivity contribution in [1.82, 2.24) is 0 Å². The molecule has 0 saturated carbocycles. The molecule has 0 aliphatic carbocycles. The Morgan fingerprint density at radius 1 is 1.18 bits per heavy atom. The number of rotatable bonds is 4. The molecule has 1 unspecified atom stereocenters. The number of hydrogen-bond acceptors (Lipinski definition) is 3. The maximum Gasteiger partial charge on any atom is 0.259 e. The van der Waals surface area contributed by atoms with Gasteiger partial charge in [-0.3, -0.25) is 4.79 Å². The third kappa shape index (κ3) is 2.28. The molecule has 2 aromatic rings. The van der Waals surface area contributed by atoms with E-state index in [-0.39, 0.29) is 12.2 Å². The van der Waals surface area contributed by atoms with Crippen molar-refractivity contribution in [2.75, 3.05) is 24.7 Å². The van der Waals surface area contributed by atoms with Gasteiger partial charge < -0.3 is 14.4 Å². The molecule has 0 N–H and O–H groups in total. The number of carbonyl (C=O) groups excluding carboxylic acids is 1. The van der Waals surface area contributed by atoms with Gasteiger partial charge in [0, 0.05) is 24.1 Å². The average molecular weight is 297 g/mol. The van der Waals surface area contributed by atoms with Gasteiger partial charge in [-0.05, 0) is 36.8 Å². The predicted molar refractivity (Wildman–Crippen MR) is 85.2 cm³/mol. The maximum absolute atomic E-state index is 12.6. The van der Waals surface area contributed by atoms with Crippen molar-refractivity contribution in [3.8, 4) is 0 Å². The van der Waals surface area contributed by atoms with Crippen molar-refractivity contribution in [1.29, 1.82) is 0 Å². The van der Waals surface area contributed by atoms with Crippen LogP contribution >= 0.6 is 0 Å². The Morgan fingerprint density at radius 2 is 2.05 bits per heavy atom. The lowest BCUT2D eigenvalue weighted by molar-refractivity contribution is -0.160. The molecule has 2 aliphatic heterocycles. The van der Waals surface area contributed by atoms with E-state index in [2.05, 4.69) is 0 Å². The zero-order chi connectivity index (χ0) is 14.9. The van der Waals surface area contributed by atoms with E-state index in [0.717, 1.165) is 47.9 Å². The summed E-state index contributed by atoms with van der Waals surface area (Å²) >= 11 is 0. The number of amides is 1. The van der Waals surface area contributed by atoms with Crippen LogP contribution in [0.2, 0.25) is 0 Å². The molecule has 4 rings (SSSR count). The molecule has 114 valence electrons. The van der Waals surface area contributed by atoms with Crippen LogP contribution in [0.1, 0.15) is 29.6 Å². The van der Waals surface area contributed by atoms with Gasteiger partial charge in [0.2, 0.25) is 0 Å². The zero-order valence-corrected chi connectivity index (χ0v) is 12.5. The van der Waals surface area contributed by atoms with Gasteiger partial charge in [0.25, 0.3) is 5.91 Å². The summed E-state index contributed by atoms with van der Waals surface area (Å²) < 4.78 is 11.3. The molecule has 2 aromatic carbocycles. The highest BCUT2D eigenvalue weighted by atomic mass is 16.7. The van der Waals surface area contributed by atoms with E-state index in [1.54, 1.807) is 0 Å². The van der Waals surface area contributed by atoms with Gasteiger partial charge in [0.05, 0.1) is 12.3 Å². The first kappa shape index (κ1) is 13.7. The second kappa shape index (κ2) is 5.71. The first-order valence-electron chi connectivity index (χ1n) is 7.91. The minimum atomic E-state index is -0.107. The Balaban J connectivity index is 1.49. The molecule has 2 aliphatic rings. The van der Waals surface area contributed by atoms with Crippen LogP contribution in [0.4, 0.5) is 5.69 Å². The molecule has 4 nitrogen and oxygen atoms in total. The van der Waals surface area contributed by atoms with E-state index < -0.39 is 0 Å². The van der Waals surface area contributed by atoms with Crippen LogP contribution in [0.25, 0.3) is 10.8 Å². The van der Waals surface area contributed by atoms with Crippen molar-refractivity contribution >= 4 is 22.4 Å². The molecule has 1 atom stereocenters. The monoisotopic (exact) mass is 297 g/mol. The van der Waals surface area contributed by atoms with Crippen LogP contribution in [0.5, 0.6) is 0 Å². The number of benzene rings is 2. The quantitative estimate of drug-likeness (QED) is 0.868. The Bertz CT molecular complexity index is 701. The van der Waals surface area contributed by atoms with Crippen LogP contribution in [0.3, 0.4) is 0 Å². The van der Waals surface area contributed by atoms with Gasteiger partial charge in [-0.1, -0.05) is 24.3 Å². The average Bonchev–Trinajstić information content (AvgIpc) is 2.84. The van der Waals surface area contributed by atoms with Crippen molar-refractivity contribution in [2.24, 2.45) is 0 Å². The highest BCUT2D eigenvalue weighted by Crippen LogP contribution is 2.36. The van der Waals surface area contributed by atoms with Crippen LogP contribution in [0, 0.1) is 0 Å². The van der Waals surface area contributed by atoms with Gasteiger partial charge in [-0.15, -0.1) is 0 Å². The highest BCUT2D eigenvalue weighted by Gasteiger charge is 2.29. The van der Waals surface area contributed by atoms with Crippen LogP contribution in [-0.4, -0.2) is 32.0 Å². The first-order chi connectivity index (χ1) is 10.8. The fourth-order valence-corrected chi connectivity index (χ4v) is 3.32. The third-order valence-electron chi connectivity index (χ3n) is 4.41. The zero-order valence-electron chi connectivity index (χ0n) is 12.5. The van der Waals surface area contributed by atoms with Gasteiger partial charge in [-0.25, -0.2) is 0 Å². The SMILES string of the molecule is O=C1c2cccc3cccc(c23)N1CCOC1CCCCO1. The number of anilines is 1. The van der Waals surface area contributed by atoms with E-state index in [4.69, 9.17) is 9.47 Å². The smallest absolute Gasteiger partial charge is 0.259 e. The second-order valence-corrected chi connectivity index (χ2v) is 5.80. The Morgan fingerprint density at radius 3 is 2.86 bits per heavy atom. The number of carbonyl (C=O) groups is 1. The predicted octanol–water partition coefficient (Wildman–Crippen LogP) is 3.34. The molecule has 0 bridgehead atoms. The minimum absolute atomic E-state index is 0.0694. The number of nitrogens with zero attached hydrogens (tertiary/aromatic N) is 1. The summed E-state index contributed by atoms with van der Waals surface area (Å²) in [7, 11) is 0. The van der Waals surface area contributed by atoms with E-state index >= 15 is 0 Å². The summed E-state index contributed by atoms with van der Waals surface area (Å²) in [6.07, 6.45) is 3.11. The largest absolute Gasteiger partial charge is 0.353 e. The molecule has 22 heavy (non-hydrogen) atoms. The van der Waals surface area contributed by atoms with E-state index in [1.165, 1.54) is 0 Å². The normalized spacial score (nSPS) is 20.8. The molecular formula is C18H19NO3. The van der Waals surface area contributed by atoms with Crippen molar-refractivity contribution in [3.05, 3.63) is 42.0 Å². The fourth-order valence-electron chi connectivity index (χ4n) is 3.32. The Hall–Kier alpha value is -1.91. The van der Waals surface area contributed by atoms with Gasteiger partial charge >= 0.3 is 0 Å².